The molecule has 4 saturated heterocycles. The monoisotopic (exact) mass is 1120 g/mol. The number of carboxylic acid groups (broad SMARTS) is 1. The first kappa shape index (κ1) is 59.0. The van der Waals surface area contributed by atoms with Crippen LogP contribution >= 0.6 is 0 Å². The number of amides is 4. The highest BCUT2D eigenvalue weighted by molar-refractivity contribution is 7.88. The number of likely N-dealkylation sites (tertiary alicyclic amines) is 2. The van der Waals surface area contributed by atoms with E-state index < -0.39 is 84.6 Å². The standard InChI is InChI=1S/C28H43N3O6S.C17H27NO4.C10H17N3O3S/c1-7-19-15-26(19,22(33)29-38(35,36)30-13-8-9-14-30)17-21(32)20-16-28(25(5,6)27(28)11-10-12-27)18-31(20)23(34)37-24(2,3)4;1-14(2,3)22-13(21)18-10-17(9-11(18)12(19)20)15(4,5)16(17)7-6-8-16;1-2-8-7-10(8,11)9(14)12-17(15,16)13-5-3-4-6-13/h7,19-20H,1,8-18H2,2-6H3,(H,29,33);11H,6-10H2,1-5H3,(H,19,20);2,8H,1,3-7,11H2,(H,12,14)/t19-,20+,26-,28-;11-,17+;8-,10-/m101/s1. The fourth-order valence-electron chi connectivity index (χ4n) is 15.6. The maximum absolute atomic E-state index is 14.0. The van der Waals surface area contributed by atoms with Crippen molar-refractivity contribution in [2.75, 3.05) is 39.3 Å². The van der Waals surface area contributed by atoms with Crippen LogP contribution in [0.15, 0.2) is 25.3 Å². The molecule has 5 N–H and O–H groups in total. The van der Waals surface area contributed by atoms with Gasteiger partial charge in [-0.05, 0) is 146 Å². The zero-order valence-corrected chi connectivity index (χ0v) is 48.9. The Morgan fingerprint density at radius 3 is 1.31 bits per heavy atom. The second-order valence-corrected chi connectivity index (χ2v) is 30.6. The number of allylic oxidation sites excluding steroid dienone is 1. The summed E-state index contributed by atoms with van der Waals surface area (Å²) in [4.78, 5) is 79.7. The van der Waals surface area contributed by atoms with Crippen LogP contribution in [0.1, 0.15) is 166 Å². The van der Waals surface area contributed by atoms with Crippen LogP contribution in [-0.4, -0.2) is 144 Å². The molecule has 432 valence electrons. The number of ketones is 1. The lowest BCUT2D eigenvalue weighted by Gasteiger charge is -2.32. The Morgan fingerprint density at radius 1 is 0.597 bits per heavy atom. The zero-order chi connectivity index (χ0) is 57.2. The fraction of sp³-hybridized carbons (Fsp3) is 0.818. The number of nitrogens with one attached hydrogen (secondary N) is 2. The van der Waals surface area contributed by atoms with Crippen LogP contribution in [0.25, 0.3) is 0 Å². The summed E-state index contributed by atoms with van der Waals surface area (Å²) in [5, 5.41) is 9.57. The first-order valence-corrected chi connectivity index (χ1v) is 30.7. The van der Waals surface area contributed by atoms with Gasteiger partial charge in [0.15, 0.2) is 5.78 Å². The van der Waals surface area contributed by atoms with Crippen LogP contribution in [0, 0.1) is 49.7 Å². The Labute approximate surface area is 456 Å². The van der Waals surface area contributed by atoms with E-state index in [0.717, 1.165) is 57.8 Å². The number of nitrogens with zero attached hydrogens (tertiary/aromatic N) is 4. The summed E-state index contributed by atoms with van der Waals surface area (Å²) in [5.41, 5.74) is 2.53. The van der Waals surface area contributed by atoms with Gasteiger partial charge in [-0.2, -0.15) is 25.4 Å². The molecule has 0 radical (unpaired) electrons. The van der Waals surface area contributed by atoms with E-state index in [-0.39, 0.29) is 56.5 Å². The molecular formula is C55H87N7O13S2. The molecule has 10 rings (SSSR count). The zero-order valence-electron chi connectivity index (χ0n) is 47.3. The number of hydrogen-bond donors (Lipinski definition) is 4. The molecule has 0 aromatic rings. The van der Waals surface area contributed by atoms with Crippen molar-refractivity contribution in [2.45, 2.75) is 194 Å². The molecule has 10 aliphatic rings. The van der Waals surface area contributed by atoms with Gasteiger partial charge in [-0.25, -0.2) is 23.8 Å². The van der Waals surface area contributed by atoms with Crippen molar-refractivity contribution in [3.63, 3.8) is 0 Å². The van der Waals surface area contributed by atoms with E-state index in [0.29, 0.717) is 65.0 Å². The van der Waals surface area contributed by atoms with Gasteiger partial charge in [0.1, 0.15) is 22.8 Å². The van der Waals surface area contributed by atoms with Crippen LogP contribution in [0.4, 0.5) is 9.59 Å². The van der Waals surface area contributed by atoms with Gasteiger partial charge >= 0.3 is 38.6 Å². The van der Waals surface area contributed by atoms with E-state index in [1.165, 1.54) is 19.9 Å². The summed E-state index contributed by atoms with van der Waals surface area (Å²) >= 11 is 0. The third-order valence-electron chi connectivity index (χ3n) is 20.9. The normalized spacial score (nSPS) is 34.6. The largest absolute Gasteiger partial charge is 0.480 e. The van der Waals surface area contributed by atoms with E-state index >= 15 is 0 Å². The maximum Gasteiger partial charge on any atom is 0.411 e. The molecule has 22 heteroatoms. The molecule has 0 aromatic carbocycles. The number of nitrogens with two attached hydrogens (primary N) is 1. The van der Waals surface area contributed by atoms with Crippen LogP contribution in [-0.2, 0) is 49.1 Å². The van der Waals surface area contributed by atoms with Crippen molar-refractivity contribution < 1.29 is 60.2 Å². The number of Topliss-reactive ketones (excluding diaryl/α,β-unsaturated/α-hetero) is 1. The summed E-state index contributed by atoms with van der Waals surface area (Å²) in [5.74, 6) is -2.82. The van der Waals surface area contributed by atoms with E-state index in [1.807, 2.05) is 0 Å². The number of hydrogen-bond acceptors (Lipinski definition) is 13. The quantitative estimate of drug-likeness (QED) is 0.154. The Bertz CT molecular complexity index is 2680. The fourth-order valence-corrected chi connectivity index (χ4v) is 18.2. The second-order valence-electron chi connectivity index (χ2n) is 27.3. The third-order valence-corrected chi connectivity index (χ3v) is 23.9. The van der Waals surface area contributed by atoms with E-state index in [4.69, 9.17) is 15.2 Å². The van der Waals surface area contributed by atoms with Crippen LogP contribution in [0.2, 0.25) is 0 Å². The molecule has 6 aliphatic carbocycles. The van der Waals surface area contributed by atoms with E-state index in [9.17, 15) is 50.7 Å². The minimum absolute atomic E-state index is 0.00957. The first-order valence-electron chi connectivity index (χ1n) is 27.9. The Balaban J connectivity index is 0.000000169. The lowest BCUT2D eigenvalue weighted by molar-refractivity contribution is -0.142. The number of fused-ring (bicyclic) bond motifs is 2. The van der Waals surface area contributed by atoms with Crippen molar-refractivity contribution >= 4 is 56.2 Å². The predicted octanol–water partition coefficient (Wildman–Crippen LogP) is 6.42. The molecule has 4 aliphatic heterocycles. The van der Waals surface area contributed by atoms with Gasteiger partial charge in [-0.15, -0.1) is 13.2 Å². The van der Waals surface area contributed by atoms with Crippen LogP contribution in [0.5, 0.6) is 0 Å². The third kappa shape index (κ3) is 9.63. The number of carbonyl (C=O) groups excluding carboxylic acids is 5. The Morgan fingerprint density at radius 2 is 0.987 bits per heavy atom. The van der Waals surface area contributed by atoms with Crippen molar-refractivity contribution in [3.05, 3.63) is 25.3 Å². The van der Waals surface area contributed by atoms with Gasteiger partial charge in [-0.3, -0.25) is 24.2 Å². The number of carboxylic acids is 1. The second kappa shape index (κ2) is 19.3. The molecular weight excluding hydrogens is 1030 g/mol. The summed E-state index contributed by atoms with van der Waals surface area (Å²) in [6, 6.07) is -1.45. The first-order chi connectivity index (χ1) is 35.4. The minimum atomic E-state index is -3.96. The van der Waals surface area contributed by atoms with Crippen molar-refractivity contribution in [3.8, 4) is 0 Å². The number of carbonyl (C=O) groups is 6. The molecule has 0 aromatic heterocycles. The number of ether oxygens (including phenoxy) is 2. The molecule has 77 heavy (non-hydrogen) atoms. The maximum atomic E-state index is 14.0. The van der Waals surface area contributed by atoms with Gasteiger partial charge in [0, 0.05) is 62.4 Å². The number of aliphatic carboxylic acids is 1. The topological polar surface area (TPSA) is 272 Å². The Hall–Kier alpha value is -4.12. The van der Waals surface area contributed by atoms with Crippen molar-refractivity contribution in [1.82, 2.24) is 27.9 Å². The molecule has 10 fully saturated rings. The van der Waals surface area contributed by atoms with Gasteiger partial charge in [0.05, 0.1) is 11.5 Å². The summed E-state index contributed by atoms with van der Waals surface area (Å²) in [6.45, 7) is 29.9. The molecule has 0 unspecified atom stereocenters. The van der Waals surface area contributed by atoms with E-state index in [2.05, 4.69) is 50.3 Å². The summed E-state index contributed by atoms with van der Waals surface area (Å²) in [7, 11) is -7.68. The SMILES string of the molecule is C=C[C@@H]1C[C@]1(CC(=O)[C@@H]1C[C@@]2(CN1C(=O)OC(C)(C)C)C(C)(C)C21CCC1)C(=O)NS(=O)(=O)N1CCCC1.C=C[C@@H]1C[C@]1(N)C(=O)NS(=O)(=O)N1CCCC1.CC(C)(C)OC(=O)N1C[C@]2(C[C@H]1C(=O)O)C(C)(C)C21CCC1. The summed E-state index contributed by atoms with van der Waals surface area (Å²) in [6.07, 6.45) is 14.1. The molecule has 4 spiro atoms. The highest BCUT2D eigenvalue weighted by atomic mass is 32.2. The van der Waals surface area contributed by atoms with Gasteiger partial charge in [0.2, 0.25) is 5.91 Å². The molecule has 6 saturated carbocycles. The number of rotatable bonds is 12. The van der Waals surface area contributed by atoms with Gasteiger partial charge in [-0.1, -0.05) is 52.7 Å². The molecule has 0 bridgehead atoms. The summed E-state index contributed by atoms with van der Waals surface area (Å²) < 4.78 is 67.3. The van der Waals surface area contributed by atoms with Crippen molar-refractivity contribution in [1.29, 1.82) is 0 Å². The minimum Gasteiger partial charge on any atom is -0.480 e. The van der Waals surface area contributed by atoms with Gasteiger partial charge < -0.3 is 20.3 Å². The molecule has 20 nitrogen and oxygen atoms in total. The molecule has 4 heterocycles. The Kier molecular flexibility index (Phi) is 14.8. The van der Waals surface area contributed by atoms with E-state index in [1.54, 1.807) is 58.6 Å². The predicted molar refractivity (Wildman–Crippen MR) is 287 cm³/mol. The smallest absolute Gasteiger partial charge is 0.411 e. The molecule has 8 atom stereocenters. The van der Waals surface area contributed by atoms with Gasteiger partial charge in [0.25, 0.3) is 5.91 Å². The highest BCUT2D eigenvalue weighted by Crippen LogP contribution is 2.89. The average molecular weight is 1120 g/mol. The highest BCUT2D eigenvalue weighted by Gasteiger charge is 2.86. The van der Waals surface area contributed by atoms with Crippen molar-refractivity contribution in [2.24, 2.45) is 55.5 Å². The lowest BCUT2D eigenvalue weighted by Crippen LogP contribution is -2.50. The lowest BCUT2D eigenvalue weighted by atomic mass is 9.73. The average Bonchev–Trinajstić information content (AvgIpc) is 3.91. The van der Waals surface area contributed by atoms with Crippen LogP contribution in [0.3, 0.4) is 0 Å². The van der Waals surface area contributed by atoms with Crippen LogP contribution < -0.4 is 15.2 Å². The molecule has 4 amide bonds.